The molecule has 8 heteroatoms. The normalized spacial score (nSPS) is 17.5. The van der Waals surface area contributed by atoms with E-state index < -0.39 is 0 Å². The molecule has 1 aromatic carbocycles. The number of pyridine rings is 1. The number of hydrogen-bond acceptors (Lipinski definition) is 7. The summed E-state index contributed by atoms with van der Waals surface area (Å²) in [6, 6.07) is 9.24. The van der Waals surface area contributed by atoms with Gasteiger partial charge in [0.1, 0.15) is 11.1 Å². The zero-order valence-corrected chi connectivity index (χ0v) is 22.6. The van der Waals surface area contributed by atoms with Crippen LogP contribution in [-0.2, 0) is 6.54 Å². The Labute approximate surface area is 227 Å². The lowest BCUT2D eigenvalue weighted by Gasteiger charge is -2.36. The SMILES string of the molecule is Cc1c(Nc2c(C#N)cncc2C=Cc2csc(CN3CCC(N4CCCC4)CC3)n2)ccc2[nH]ccc12. The number of piperidine rings is 1. The van der Waals surface area contributed by atoms with E-state index in [9.17, 15) is 5.26 Å². The summed E-state index contributed by atoms with van der Waals surface area (Å²) in [5.74, 6) is 0. The van der Waals surface area contributed by atoms with Gasteiger partial charge >= 0.3 is 0 Å². The van der Waals surface area contributed by atoms with Crippen molar-refractivity contribution in [3.8, 4) is 6.07 Å². The van der Waals surface area contributed by atoms with Crippen molar-refractivity contribution < 1.29 is 0 Å². The van der Waals surface area contributed by atoms with Crippen LogP contribution >= 0.6 is 11.3 Å². The van der Waals surface area contributed by atoms with E-state index in [4.69, 9.17) is 4.98 Å². The zero-order valence-electron chi connectivity index (χ0n) is 21.8. The molecule has 38 heavy (non-hydrogen) atoms. The number of aromatic amines is 1. The topological polar surface area (TPSA) is 83.9 Å². The molecule has 2 aliphatic rings. The molecular formula is C30H33N7S. The number of benzene rings is 1. The highest BCUT2D eigenvalue weighted by molar-refractivity contribution is 7.09. The number of anilines is 2. The first kappa shape index (κ1) is 24.8. The minimum atomic E-state index is 0.511. The Morgan fingerprint density at radius 1 is 1.13 bits per heavy atom. The molecule has 2 fully saturated rings. The summed E-state index contributed by atoms with van der Waals surface area (Å²) in [6.07, 6.45) is 14.6. The van der Waals surface area contributed by atoms with E-state index in [0.29, 0.717) is 5.56 Å². The van der Waals surface area contributed by atoms with Crippen LogP contribution in [0.3, 0.4) is 0 Å². The molecule has 0 unspecified atom stereocenters. The van der Waals surface area contributed by atoms with Crippen LogP contribution in [-0.4, -0.2) is 57.0 Å². The summed E-state index contributed by atoms with van der Waals surface area (Å²) < 4.78 is 0. The lowest BCUT2D eigenvalue weighted by atomic mass is 10.0. The highest BCUT2D eigenvalue weighted by Gasteiger charge is 2.26. The molecule has 0 saturated carbocycles. The van der Waals surface area contributed by atoms with E-state index in [1.807, 2.05) is 24.4 Å². The fourth-order valence-corrected chi connectivity index (χ4v) is 6.57. The second kappa shape index (κ2) is 11.1. The lowest BCUT2D eigenvalue weighted by molar-refractivity contribution is 0.122. The van der Waals surface area contributed by atoms with Gasteiger partial charge in [-0.1, -0.05) is 0 Å². The molecule has 0 spiro atoms. The quantitative estimate of drug-likeness (QED) is 0.301. The number of nitrogens with one attached hydrogen (secondary N) is 2. The molecule has 0 bridgehead atoms. The molecule has 7 nitrogen and oxygen atoms in total. The summed E-state index contributed by atoms with van der Waals surface area (Å²) in [5, 5.41) is 17.7. The predicted octanol–water partition coefficient (Wildman–Crippen LogP) is 6.17. The second-order valence-corrected chi connectivity index (χ2v) is 11.3. The van der Waals surface area contributed by atoms with Crippen molar-refractivity contribution in [2.24, 2.45) is 0 Å². The Morgan fingerprint density at radius 2 is 1.97 bits per heavy atom. The highest BCUT2D eigenvalue weighted by Crippen LogP contribution is 2.31. The van der Waals surface area contributed by atoms with E-state index in [1.54, 1.807) is 23.7 Å². The summed E-state index contributed by atoms with van der Waals surface area (Å²) in [7, 11) is 0. The first-order valence-electron chi connectivity index (χ1n) is 13.5. The summed E-state index contributed by atoms with van der Waals surface area (Å²) in [5.41, 5.74) is 6.27. The Hall–Kier alpha value is -3.51. The smallest absolute Gasteiger partial charge is 0.107 e. The predicted molar refractivity (Wildman–Crippen MR) is 155 cm³/mol. The Morgan fingerprint density at radius 3 is 2.79 bits per heavy atom. The van der Waals surface area contributed by atoms with Gasteiger partial charge in [-0.05, 0) is 81.6 Å². The van der Waals surface area contributed by atoms with Gasteiger partial charge in [0.25, 0.3) is 0 Å². The fourth-order valence-electron chi connectivity index (χ4n) is 5.77. The van der Waals surface area contributed by atoms with E-state index in [0.717, 1.165) is 69.8 Å². The first-order chi connectivity index (χ1) is 18.7. The minimum Gasteiger partial charge on any atom is -0.361 e. The third kappa shape index (κ3) is 5.23. The van der Waals surface area contributed by atoms with Crippen LogP contribution in [0.2, 0.25) is 0 Å². The number of hydrogen-bond donors (Lipinski definition) is 2. The molecule has 6 rings (SSSR count). The summed E-state index contributed by atoms with van der Waals surface area (Å²) in [4.78, 5) is 17.7. The Kier molecular flexibility index (Phi) is 7.23. The number of aromatic nitrogens is 3. The standard InChI is InChI=1S/C30H33N7S/c1-21-26-8-11-33-28(26)7-6-27(21)35-30-22(17-32-18-23(30)16-31)4-5-24-20-38-29(34-24)19-36-14-9-25(10-15-36)37-12-2-3-13-37/h4-8,11,17-18,20,25,33H,2-3,9-10,12-15,19H2,1H3,(H,32,35). The number of fused-ring (bicyclic) bond motifs is 1. The van der Waals surface area contributed by atoms with Crippen molar-refractivity contribution in [3.05, 3.63) is 69.6 Å². The number of thiazole rings is 1. The first-order valence-corrected chi connectivity index (χ1v) is 14.4. The number of aryl methyl sites for hydroxylation is 1. The van der Waals surface area contributed by atoms with E-state index in [2.05, 4.69) is 55.6 Å². The van der Waals surface area contributed by atoms with Crippen LogP contribution in [0.5, 0.6) is 0 Å². The van der Waals surface area contributed by atoms with Crippen molar-refractivity contribution >= 4 is 45.8 Å². The summed E-state index contributed by atoms with van der Waals surface area (Å²) >= 11 is 1.72. The van der Waals surface area contributed by atoms with Crippen LogP contribution in [0.1, 0.15) is 53.1 Å². The molecule has 0 amide bonds. The van der Waals surface area contributed by atoms with Gasteiger partial charge in [-0.15, -0.1) is 11.3 Å². The Balaban J connectivity index is 1.14. The molecule has 4 aromatic rings. The van der Waals surface area contributed by atoms with Gasteiger partial charge in [0.05, 0.1) is 23.5 Å². The molecule has 5 heterocycles. The highest BCUT2D eigenvalue weighted by atomic mass is 32.1. The third-order valence-electron chi connectivity index (χ3n) is 7.94. The largest absolute Gasteiger partial charge is 0.361 e. The van der Waals surface area contributed by atoms with Crippen LogP contribution < -0.4 is 5.32 Å². The van der Waals surface area contributed by atoms with Crippen LogP contribution in [0.4, 0.5) is 11.4 Å². The van der Waals surface area contributed by atoms with Crippen LogP contribution in [0.25, 0.3) is 23.1 Å². The van der Waals surface area contributed by atoms with E-state index >= 15 is 0 Å². The molecule has 2 aliphatic heterocycles. The molecule has 2 N–H and O–H groups in total. The van der Waals surface area contributed by atoms with E-state index in [1.165, 1.54) is 38.8 Å². The molecule has 194 valence electrons. The van der Waals surface area contributed by atoms with Gasteiger partial charge in [0.15, 0.2) is 0 Å². The van der Waals surface area contributed by atoms with Crippen LogP contribution in [0, 0.1) is 18.3 Å². The third-order valence-corrected chi connectivity index (χ3v) is 8.79. The molecule has 0 atom stereocenters. The van der Waals surface area contributed by atoms with Gasteiger partial charge in [-0.2, -0.15) is 5.26 Å². The summed E-state index contributed by atoms with van der Waals surface area (Å²) in [6.45, 7) is 7.90. The van der Waals surface area contributed by atoms with Gasteiger partial charge in [0.2, 0.25) is 0 Å². The fraction of sp³-hybridized carbons (Fsp3) is 0.367. The van der Waals surface area contributed by atoms with Crippen molar-refractivity contribution in [2.45, 2.75) is 45.2 Å². The van der Waals surface area contributed by atoms with Gasteiger partial charge < -0.3 is 15.2 Å². The van der Waals surface area contributed by atoms with Crippen molar-refractivity contribution in [2.75, 3.05) is 31.5 Å². The average molecular weight is 524 g/mol. The number of nitrogens with zero attached hydrogens (tertiary/aromatic N) is 5. The monoisotopic (exact) mass is 523 g/mol. The van der Waals surface area contributed by atoms with Crippen molar-refractivity contribution in [1.29, 1.82) is 5.26 Å². The maximum absolute atomic E-state index is 9.77. The average Bonchev–Trinajstić information content (AvgIpc) is 3.73. The van der Waals surface area contributed by atoms with E-state index in [-0.39, 0.29) is 0 Å². The number of H-pyrrole nitrogens is 1. The maximum Gasteiger partial charge on any atom is 0.107 e. The molecule has 0 radical (unpaired) electrons. The maximum atomic E-state index is 9.77. The number of likely N-dealkylation sites (tertiary alicyclic amines) is 2. The van der Waals surface area contributed by atoms with Crippen LogP contribution in [0.15, 0.2) is 42.2 Å². The molecule has 3 aromatic heterocycles. The van der Waals surface area contributed by atoms with Crippen molar-refractivity contribution in [3.63, 3.8) is 0 Å². The zero-order chi connectivity index (χ0) is 25.9. The molecule has 0 aliphatic carbocycles. The van der Waals surface area contributed by atoms with Gasteiger partial charge in [-0.25, -0.2) is 4.98 Å². The van der Waals surface area contributed by atoms with Gasteiger partial charge in [-0.3, -0.25) is 9.88 Å². The Bertz CT molecular complexity index is 1480. The minimum absolute atomic E-state index is 0.511. The lowest BCUT2D eigenvalue weighted by Crippen LogP contribution is -2.43. The van der Waals surface area contributed by atoms with Crippen molar-refractivity contribution in [1.82, 2.24) is 24.8 Å². The molecular weight excluding hydrogens is 490 g/mol. The molecule has 2 saturated heterocycles. The van der Waals surface area contributed by atoms with Gasteiger partial charge in [0, 0.05) is 65.3 Å². The number of nitriles is 1. The second-order valence-electron chi connectivity index (χ2n) is 10.3. The number of rotatable bonds is 7.